The third kappa shape index (κ3) is 3.43. The number of amides is 1. The van der Waals surface area contributed by atoms with Crippen molar-refractivity contribution >= 4 is 5.91 Å². The molecule has 1 amide bonds. The number of carbonyl (C=O) groups excluding carboxylic acids is 1. The standard InChI is InChI=1S/C18H23N5O2/c19-14-10-15(20-11-14)18(24)23-8-6-13(7-9-23)17-21-16(22-25-17)12-4-2-1-3-5-12/h1-5,13-15,20H,6-11,19H2/t14-,15+/m1/s1. The normalized spacial score (nSPS) is 24.6. The van der Waals surface area contributed by atoms with Crippen LogP contribution in [0.1, 0.15) is 31.1 Å². The lowest BCUT2D eigenvalue weighted by Gasteiger charge is -2.32. The van der Waals surface area contributed by atoms with Crippen LogP contribution in [0.3, 0.4) is 0 Å². The number of rotatable bonds is 3. The van der Waals surface area contributed by atoms with Gasteiger partial charge in [0.15, 0.2) is 0 Å². The molecule has 0 aliphatic carbocycles. The number of carbonyl (C=O) groups is 1. The summed E-state index contributed by atoms with van der Waals surface area (Å²) < 4.78 is 5.47. The highest BCUT2D eigenvalue weighted by molar-refractivity contribution is 5.82. The molecule has 2 aliphatic heterocycles. The Labute approximate surface area is 146 Å². The first-order valence-corrected chi connectivity index (χ1v) is 8.87. The van der Waals surface area contributed by atoms with Gasteiger partial charge in [0.05, 0.1) is 6.04 Å². The zero-order valence-electron chi connectivity index (χ0n) is 14.1. The summed E-state index contributed by atoms with van der Waals surface area (Å²) in [4.78, 5) is 19.0. The number of nitrogens with one attached hydrogen (secondary N) is 1. The fraction of sp³-hybridized carbons (Fsp3) is 0.500. The molecule has 0 bridgehead atoms. The lowest BCUT2D eigenvalue weighted by atomic mass is 9.96. The molecule has 132 valence electrons. The molecule has 2 fully saturated rings. The second kappa shape index (κ2) is 6.93. The van der Waals surface area contributed by atoms with Crippen LogP contribution in [-0.4, -0.2) is 52.7 Å². The number of likely N-dealkylation sites (tertiary alicyclic amines) is 1. The molecule has 2 saturated heterocycles. The summed E-state index contributed by atoms with van der Waals surface area (Å²) in [5.41, 5.74) is 6.83. The molecule has 3 heterocycles. The monoisotopic (exact) mass is 341 g/mol. The fourth-order valence-corrected chi connectivity index (χ4v) is 3.62. The zero-order chi connectivity index (χ0) is 17.2. The summed E-state index contributed by atoms with van der Waals surface area (Å²) in [5, 5.41) is 7.31. The predicted molar refractivity (Wildman–Crippen MR) is 92.7 cm³/mol. The van der Waals surface area contributed by atoms with Crippen molar-refractivity contribution in [2.45, 2.75) is 37.3 Å². The molecule has 1 aromatic heterocycles. The summed E-state index contributed by atoms with van der Waals surface area (Å²) in [6, 6.07) is 9.77. The van der Waals surface area contributed by atoms with Crippen molar-refractivity contribution in [1.29, 1.82) is 0 Å². The van der Waals surface area contributed by atoms with E-state index < -0.39 is 0 Å². The van der Waals surface area contributed by atoms with E-state index in [9.17, 15) is 4.79 Å². The Bertz CT molecular complexity index is 724. The molecule has 2 aromatic rings. The van der Waals surface area contributed by atoms with Crippen LogP contribution in [0.25, 0.3) is 11.4 Å². The zero-order valence-corrected chi connectivity index (χ0v) is 14.1. The summed E-state index contributed by atoms with van der Waals surface area (Å²) in [7, 11) is 0. The Morgan fingerprint density at radius 3 is 2.68 bits per heavy atom. The maximum atomic E-state index is 12.5. The van der Waals surface area contributed by atoms with Crippen LogP contribution in [0.4, 0.5) is 0 Å². The first kappa shape index (κ1) is 16.2. The van der Waals surface area contributed by atoms with Gasteiger partial charge in [0, 0.05) is 37.2 Å². The van der Waals surface area contributed by atoms with E-state index in [2.05, 4.69) is 15.5 Å². The molecule has 4 rings (SSSR count). The maximum absolute atomic E-state index is 12.5. The van der Waals surface area contributed by atoms with Crippen molar-refractivity contribution in [2.24, 2.45) is 5.73 Å². The minimum absolute atomic E-state index is 0.0845. The predicted octanol–water partition coefficient (Wildman–Crippen LogP) is 1.13. The minimum Gasteiger partial charge on any atom is -0.341 e. The van der Waals surface area contributed by atoms with Gasteiger partial charge in [0.25, 0.3) is 0 Å². The largest absolute Gasteiger partial charge is 0.341 e. The Morgan fingerprint density at radius 1 is 1.24 bits per heavy atom. The molecule has 2 aliphatic rings. The van der Waals surface area contributed by atoms with Crippen molar-refractivity contribution < 1.29 is 9.32 Å². The highest BCUT2D eigenvalue weighted by atomic mass is 16.5. The van der Waals surface area contributed by atoms with Crippen molar-refractivity contribution in [2.75, 3.05) is 19.6 Å². The second-order valence-electron chi connectivity index (χ2n) is 6.88. The Kier molecular flexibility index (Phi) is 4.50. The number of hydrogen-bond donors (Lipinski definition) is 2. The highest BCUT2D eigenvalue weighted by Gasteiger charge is 2.33. The number of piperidine rings is 1. The van der Waals surface area contributed by atoms with Gasteiger partial charge in [-0.05, 0) is 19.3 Å². The van der Waals surface area contributed by atoms with E-state index in [4.69, 9.17) is 10.3 Å². The van der Waals surface area contributed by atoms with Gasteiger partial charge in [0.1, 0.15) is 0 Å². The average molecular weight is 341 g/mol. The van der Waals surface area contributed by atoms with Gasteiger partial charge in [-0.25, -0.2) is 0 Å². The van der Waals surface area contributed by atoms with Gasteiger partial charge in [0.2, 0.25) is 17.6 Å². The first-order valence-electron chi connectivity index (χ1n) is 8.87. The number of aromatic nitrogens is 2. The van der Waals surface area contributed by atoms with Crippen LogP contribution in [0, 0.1) is 0 Å². The lowest BCUT2D eigenvalue weighted by Crippen LogP contribution is -2.46. The topological polar surface area (TPSA) is 97.3 Å². The van der Waals surface area contributed by atoms with Crippen LogP contribution in [-0.2, 0) is 4.79 Å². The van der Waals surface area contributed by atoms with E-state index in [-0.39, 0.29) is 23.9 Å². The smallest absolute Gasteiger partial charge is 0.239 e. The second-order valence-corrected chi connectivity index (χ2v) is 6.88. The van der Waals surface area contributed by atoms with Gasteiger partial charge in [-0.15, -0.1) is 0 Å². The summed E-state index contributed by atoms with van der Waals surface area (Å²) >= 11 is 0. The Balaban J connectivity index is 1.36. The van der Waals surface area contributed by atoms with E-state index in [1.807, 2.05) is 35.2 Å². The van der Waals surface area contributed by atoms with Gasteiger partial charge < -0.3 is 20.5 Å². The minimum atomic E-state index is -0.125. The molecule has 0 radical (unpaired) electrons. The van der Waals surface area contributed by atoms with Crippen molar-refractivity contribution in [3.05, 3.63) is 36.2 Å². The molecule has 7 nitrogen and oxygen atoms in total. The third-order valence-electron chi connectivity index (χ3n) is 5.09. The van der Waals surface area contributed by atoms with E-state index >= 15 is 0 Å². The Morgan fingerprint density at radius 2 is 2.00 bits per heavy atom. The SMILES string of the molecule is N[C@H]1CN[C@H](C(=O)N2CCC(c3nc(-c4ccccc4)no3)CC2)C1. The number of hydrogen-bond acceptors (Lipinski definition) is 6. The van der Waals surface area contributed by atoms with E-state index in [0.717, 1.165) is 44.5 Å². The molecule has 0 spiro atoms. The number of nitrogens with zero attached hydrogens (tertiary/aromatic N) is 3. The van der Waals surface area contributed by atoms with Gasteiger partial charge in [-0.3, -0.25) is 4.79 Å². The lowest BCUT2D eigenvalue weighted by molar-refractivity contribution is -0.134. The quantitative estimate of drug-likeness (QED) is 0.869. The van der Waals surface area contributed by atoms with Gasteiger partial charge >= 0.3 is 0 Å². The first-order chi connectivity index (χ1) is 12.2. The third-order valence-corrected chi connectivity index (χ3v) is 5.09. The van der Waals surface area contributed by atoms with Crippen molar-refractivity contribution in [1.82, 2.24) is 20.4 Å². The molecule has 1 aromatic carbocycles. The van der Waals surface area contributed by atoms with Gasteiger partial charge in [-0.2, -0.15) is 4.98 Å². The number of benzene rings is 1. The average Bonchev–Trinajstić information content (AvgIpc) is 3.31. The molecule has 7 heteroatoms. The van der Waals surface area contributed by atoms with Crippen molar-refractivity contribution in [3.8, 4) is 11.4 Å². The maximum Gasteiger partial charge on any atom is 0.239 e. The number of nitrogens with two attached hydrogens (primary N) is 1. The Hall–Kier alpha value is -2.25. The van der Waals surface area contributed by atoms with Crippen LogP contribution < -0.4 is 11.1 Å². The van der Waals surface area contributed by atoms with Crippen LogP contribution >= 0.6 is 0 Å². The van der Waals surface area contributed by atoms with Gasteiger partial charge in [-0.1, -0.05) is 35.5 Å². The highest BCUT2D eigenvalue weighted by Crippen LogP contribution is 2.29. The molecular weight excluding hydrogens is 318 g/mol. The van der Waals surface area contributed by atoms with E-state index in [1.54, 1.807) is 0 Å². The molecule has 0 saturated carbocycles. The summed E-state index contributed by atoms with van der Waals surface area (Å²) in [5.74, 6) is 1.68. The molecule has 0 unspecified atom stereocenters. The van der Waals surface area contributed by atoms with E-state index in [1.165, 1.54) is 0 Å². The van der Waals surface area contributed by atoms with Crippen LogP contribution in [0.15, 0.2) is 34.9 Å². The molecule has 25 heavy (non-hydrogen) atoms. The summed E-state index contributed by atoms with van der Waals surface area (Å²) in [6.45, 7) is 2.16. The molecule has 3 N–H and O–H groups in total. The fourth-order valence-electron chi connectivity index (χ4n) is 3.62. The molecule has 2 atom stereocenters. The van der Waals surface area contributed by atoms with Crippen LogP contribution in [0.2, 0.25) is 0 Å². The summed E-state index contributed by atoms with van der Waals surface area (Å²) in [6.07, 6.45) is 2.42. The van der Waals surface area contributed by atoms with Crippen LogP contribution in [0.5, 0.6) is 0 Å². The molecular formula is C18H23N5O2. The van der Waals surface area contributed by atoms with E-state index in [0.29, 0.717) is 11.7 Å². The van der Waals surface area contributed by atoms with Crippen molar-refractivity contribution in [3.63, 3.8) is 0 Å².